The van der Waals surface area contributed by atoms with Gasteiger partial charge in [-0.25, -0.2) is 0 Å². The first-order chi connectivity index (χ1) is 8.18. The zero-order valence-corrected chi connectivity index (χ0v) is 10.6. The van der Waals surface area contributed by atoms with Gasteiger partial charge in [0.1, 0.15) is 0 Å². The lowest BCUT2D eigenvalue weighted by atomic mass is 9.79. The van der Waals surface area contributed by atoms with E-state index in [4.69, 9.17) is 9.47 Å². The zero-order valence-electron chi connectivity index (χ0n) is 10.6. The van der Waals surface area contributed by atoms with Crippen molar-refractivity contribution in [3.63, 3.8) is 0 Å². The van der Waals surface area contributed by atoms with E-state index in [0.29, 0.717) is 12.5 Å². The molecule has 1 aromatic rings. The SMILES string of the molecule is CC1(C)COC=C[C@@H]1COCc1ccccc1. The molecule has 0 radical (unpaired) electrons. The highest BCUT2D eigenvalue weighted by Gasteiger charge is 2.30. The minimum absolute atomic E-state index is 0.158. The van der Waals surface area contributed by atoms with Crippen molar-refractivity contribution in [3.05, 3.63) is 48.2 Å². The minimum Gasteiger partial charge on any atom is -0.501 e. The molecule has 0 aliphatic carbocycles. The Labute approximate surface area is 103 Å². The molecule has 2 rings (SSSR count). The summed E-state index contributed by atoms with van der Waals surface area (Å²) in [6, 6.07) is 10.3. The van der Waals surface area contributed by atoms with Crippen molar-refractivity contribution in [1.29, 1.82) is 0 Å². The summed E-state index contributed by atoms with van der Waals surface area (Å²) in [5.41, 5.74) is 1.38. The van der Waals surface area contributed by atoms with Crippen LogP contribution in [0.25, 0.3) is 0 Å². The van der Waals surface area contributed by atoms with E-state index in [-0.39, 0.29) is 5.41 Å². The van der Waals surface area contributed by atoms with Gasteiger partial charge in [-0.15, -0.1) is 0 Å². The minimum atomic E-state index is 0.158. The van der Waals surface area contributed by atoms with E-state index in [1.165, 1.54) is 5.56 Å². The van der Waals surface area contributed by atoms with E-state index in [1.807, 2.05) is 18.2 Å². The Morgan fingerprint density at radius 2 is 2.06 bits per heavy atom. The molecule has 92 valence electrons. The van der Waals surface area contributed by atoms with Crippen LogP contribution in [0.3, 0.4) is 0 Å². The standard InChI is InChI=1S/C15H20O2/c1-15(2)12-16-9-8-14(15)11-17-10-13-6-4-3-5-7-13/h3-9,14H,10-12H2,1-2H3/t14-/m1/s1. The van der Waals surface area contributed by atoms with E-state index >= 15 is 0 Å². The van der Waals surface area contributed by atoms with Crippen LogP contribution in [-0.4, -0.2) is 13.2 Å². The van der Waals surface area contributed by atoms with Gasteiger partial charge in [-0.2, -0.15) is 0 Å². The molecule has 0 saturated carbocycles. The molecule has 0 aromatic heterocycles. The second-order valence-electron chi connectivity index (χ2n) is 5.24. The summed E-state index contributed by atoms with van der Waals surface area (Å²) in [4.78, 5) is 0. The first kappa shape index (κ1) is 12.2. The Balaban J connectivity index is 1.82. The van der Waals surface area contributed by atoms with Gasteiger partial charge >= 0.3 is 0 Å². The normalized spacial score (nSPS) is 22.1. The molecule has 0 amide bonds. The number of rotatable bonds is 4. The quantitative estimate of drug-likeness (QED) is 0.792. The highest BCUT2D eigenvalue weighted by molar-refractivity contribution is 5.13. The van der Waals surface area contributed by atoms with Crippen molar-refractivity contribution >= 4 is 0 Å². The van der Waals surface area contributed by atoms with Crippen LogP contribution in [0.4, 0.5) is 0 Å². The molecule has 2 heteroatoms. The monoisotopic (exact) mass is 232 g/mol. The molecule has 1 aliphatic heterocycles. The number of benzene rings is 1. The molecule has 1 aliphatic rings. The topological polar surface area (TPSA) is 18.5 Å². The Morgan fingerprint density at radius 3 is 2.76 bits per heavy atom. The van der Waals surface area contributed by atoms with Gasteiger partial charge in [0, 0.05) is 11.3 Å². The third kappa shape index (κ3) is 3.34. The third-order valence-electron chi connectivity index (χ3n) is 3.28. The van der Waals surface area contributed by atoms with Crippen LogP contribution in [0, 0.1) is 11.3 Å². The number of hydrogen-bond acceptors (Lipinski definition) is 2. The first-order valence-corrected chi connectivity index (χ1v) is 6.08. The van der Waals surface area contributed by atoms with E-state index in [0.717, 1.165) is 13.2 Å². The van der Waals surface area contributed by atoms with E-state index in [1.54, 1.807) is 6.26 Å². The summed E-state index contributed by atoms with van der Waals surface area (Å²) < 4.78 is 11.1. The predicted octanol–water partition coefficient (Wildman–Crippen LogP) is 3.39. The van der Waals surface area contributed by atoms with Gasteiger partial charge in [-0.3, -0.25) is 0 Å². The molecule has 0 N–H and O–H groups in total. The van der Waals surface area contributed by atoms with Gasteiger partial charge in [-0.1, -0.05) is 44.2 Å². The maximum absolute atomic E-state index is 5.79. The zero-order chi connectivity index (χ0) is 12.1. The molecule has 1 heterocycles. The Hall–Kier alpha value is -1.28. The maximum Gasteiger partial charge on any atom is 0.0930 e. The fraction of sp³-hybridized carbons (Fsp3) is 0.467. The molecular formula is C15H20O2. The summed E-state index contributed by atoms with van der Waals surface area (Å²) in [6.45, 7) is 6.63. The average molecular weight is 232 g/mol. The van der Waals surface area contributed by atoms with Crippen LogP contribution in [0.1, 0.15) is 19.4 Å². The maximum atomic E-state index is 5.79. The van der Waals surface area contributed by atoms with Gasteiger partial charge in [0.05, 0.1) is 26.1 Å². The van der Waals surface area contributed by atoms with Gasteiger partial charge < -0.3 is 9.47 Å². The fourth-order valence-electron chi connectivity index (χ4n) is 1.94. The molecule has 0 fully saturated rings. The molecule has 0 spiro atoms. The Bertz CT molecular complexity index is 368. The van der Waals surface area contributed by atoms with Gasteiger partial charge in [-0.05, 0) is 11.6 Å². The smallest absolute Gasteiger partial charge is 0.0930 e. The average Bonchev–Trinajstić information content (AvgIpc) is 2.32. The second-order valence-corrected chi connectivity index (χ2v) is 5.24. The lowest BCUT2D eigenvalue weighted by molar-refractivity contribution is 0.0139. The highest BCUT2D eigenvalue weighted by atomic mass is 16.5. The van der Waals surface area contributed by atoms with E-state index < -0.39 is 0 Å². The van der Waals surface area contributed by atoms with Crippen LogP contribution in [0.2, 0.25) is 0 Å². The first-order valence-electron chi connectivity index (χ1n) is 6.08. The van der Waals surface area contributed by atoms with Gasteiger partial charge in [0.25, 0.3) is 0 Å². The van der Waals surface area contributed by atoms with Gasteiger partial charge in [0.2, 0.25) is 0 Å². The van der Waals surface area contributed by atoms with Crippen LogP contribution >= 0.6 is 0 Å². The second kappa shape index (κ2) is 5.37. The van der Waals surface area contributed by atoms with Crippen LogP contribution in [-0.2, 0) is 16.1 Å². The third-order valence-corrected chi connectivity index (χ3v) is 3.28. The summed E-state index contributed by atoms with van der Waals surface area (Å²) in [5.74, 6) is 0.431. The fourth-order valence-corrected chi connectivity index (χ4v) is 1.94. The van der Waals surface area contributed by atoms with Crippen molar-refractivity contribution in [2.45, 2.75) is 20.5 Å². The van der Waals surface area contributed by atoms with E-state index in [2.05, 4.69) is 32.1 Å². The van der Waals surface area contributed by atoms with Crippen molar-refractivity contribution in [2.24, 2.45) is 11.3 Å². The summed E-state index contributed by atoms with van der Waals surface area (Å²) in [6.07, 6.45) is 3.90. The molecule has 0 unspecified atom stereocenters. The molecule has 1 atom stereocenters. The van der Waals surface area contributed by atoms with Crippen LogP contribution in [0.15, 0.2) is 42.7 Å². The van der Waals surface area contributed by atoms with Crippen LogP contribution in [0.5, 0.6) is 0 Å². The lowest BCUT2D eigenvalue weighted by Gasteiger charge is -2.34. The van der Waals surface area contributed by atoms with Crippen molar-refractivity contribution in [3.8, 4) is 0 Å². The van der Waals surface area contributed by atoms with Crippen molar-refractivity contribution < 1.29 is 9.47 Å². The summed E-state index contributed by atoms with van der Waals surface area (Å²) >= 11 is 0. The Morgan fingerprint density at radius 1 is 1.29 bits per heavy atom. The molecule has 0 bridgehead atoms. The van der Waals surface area contributed by atoms with Gasteiger partial charge in [0.15, 0.2) is 0 Å². The van der Waals surface area contributed by atoms with Crippen LogP contribution < -0.4 is 0 Å². The van der Waals surface area contributed by atoms with E-state index in [9.17, 15) is 0 Å². The summed E-state index contributed by atoms with van der Waals surface area (Å²) in [7, 11) is 0. The molecule has 0 saturated heterocycles. The highest BCUT2D eigenvalue weighted by Crippen LogP contribution is 2.31. The van der Waals surface area contributed by atoms with Crippen molar-refractivity contribution in [1.82, 2.24) is 0 Å². The molecule has 2 nitrogen and oxygen atoms in total. The van der Waals surface area contributed by atoms with Crippen molar-refractivity contribution in [2.75, 3.05) is 13.2 Å². The Kier molecular flexibility index (Phi) is 3.85. The lowest BCUT2D eigenvalue weighted by Crippen LogP contribution is -2.33. The molecule has 17 heavy (non-hydrogen) atoms. The molecular weight excluding hydrogens is 212 g/mol. The number of ether oxygens (including phenoxy) is 2. The number of hydrogen-bond donors (Lipinski definition) is 0. The molecule has 1 aromatic carbocycles. The largest absolute Gasteiger partial charge is 0.501 e. The predicted molar refractivity (Wildman–Crippen MR) is 68.5 cm³/mol. The summed E-state index contributed by atoms with van der Waals surface area (Å²) in [5, 5.41) is 0.